The third kappa shape index (κ3) is 7.81. The van der Waals surface area contributed by atoms with Gasteiger partial charge in [-0.15, -0.1) is 0 Å². The molecule has 74 valence electrons. The van der Waals surface area contributed by atoms with Crippen LogP contribution in [0.4, 0.5) is 13.2 Å². The summed E-state index contributed by atoms with van der Waals surface area (Å²) >= 11 is 0. The second-order valence-corrected chi connectivity index (χ2v) is 2.81. The van der Waals surface area contributed by atoms with E-state index in [0.29, 0.717) is 13.2 Å². The average molecular weight is 185 g/mol. The molecule has 0 rings (SSSR count). The third-order valence-electron chi connectivity index (χ3n) is 1.27. The number of hydrogen-bond acceptors (Lipinski definition) is 2. The minimum Gasteiger partial charge on any atom is -0.384 e. The Morgan fingerprint density at radius 3 is 2.42 bits per heavy atom. The molecule has 0 aromatic heterocycles. The van der Waals surface area contributed by atoms with E-state index >= 15 is 0 Å². The lowest BCUT2D eigenvalue weighted by Gasteiger charge is -2.12. The lowest BCUT2D eigenvalue weighted by atomic mass is 10.2. The van der Waals surface area contributed by atoms with Crippen molar-refractivity contribution in [1.29, 1.82) is 0 Å². The first-order valence-corrected chi connectivity index (χ1v) is 3.72. The molecule has 1 atom stereocenters. The predicted octanol–water partition coefficient (Wildman–Crippen LogP) is 1.42. The van der Waals surface area contributed by atoms with Gasteiger partial charge in [0, 0.05) is 20.3 Å². The van der Waals surface area contributed by atoms with Crippen LogP contribution in [0.2, 0.25) is 0 Å². The molecule has 0 aliphatic carbocycles. The van der Waals surface area contributed by atoms with Crippen LogP contribution < -0.4 is 5.32 Å². The highest BCUT2D eigenvalue weighted by Crippen LogP contribution is 2.12. The summed E-state index contributed by atoms with van der Waals surface area (Å²) in [6, 6.07) is 0. The number of alkyl halides is 3. The Labute approximate surface area is 70.1 Å². The second-order valence-electron chi connectivity index (χ2n) is 2.81. The number of hydrogen-bond donors (Lipinski definition) is 1. The number of rotatable bonds is 5. The Balaban J connectivity index is 3.31. The van der Waals surface area contributed by atoms with E-state index in [9.17, 15) is 13.2 Å². The smallest absolute Gasteiger partial charge is 0.384 e. The van der Waals surface area contributed by atoms with E-state index in [1.54, 1.807) is 0 Å². The molecule has 1 N–H and O–H groups in total. The Hall–Kier alpha value is -0.290. The lowest BCUT2D eigenvalue weighted by molar-refractivity contribution is -0.125. The molecule has 0 fully saturated rings. The number of halogens is 3. The van der Waals surface area contributed by atoms with Crippen LogP contribution in [0, 0.1) is 5.92 Å². The highest BCUT2D eigenvalue weighted by atomic mass is 19.4. The van der Waals surface area contributed by atoms with Crippen molar-refractivity contribution in [1.82, 2.24) is 5.32 Å². The summed E-state index contributed by atoms with van der Waals surface area (Å²) in [7, 11) is 1.53. The van der Waals surface area contributed by atoms with E-state index < -0.39 is 12.7 Å². The standard InChI is InChI=1S/C7H14F3NO/c1-6(4-12-2)3-11-5-7(8,9)10/h6,11H,3-5H2,1-2H3. The second kappa shape index (κ2) is 5.37. The summed E-state index contributed by atoms with van der Waals surface area (Å²) in [5, 5.41) is 2.30. The molecule has 0 aromatic rings. The van der Waals surface area contributed by atoms with Gasteiger partial charge in [0.1, 0.15) is 0 Å². The first kappa shape index (κ1) is 11.7. The zero-order valence-electron chi connectivity index (χ0n) is 7.24. The molecule has 0 heterocycles. The summed E-state index contributed by atoms with van der Waals surface area (Å²) in [5.74, 6) is 0.109. The van der Waals surface area contributed by atoms with Gasteiger partial charge in [0.15, 0.2) is 0 Å². The molecule has 0 radical (unpaired) electrons. The Morgan fingerprint density at radius 1 is 1.42 bits per heavy atom. The maximum Gasteiger partial charge on any atom is 0.401 e. The van der Waals surface area contributed by atoms with Crippen molar-refractivity contribution in [2.75, 3.05) is 26.8 Å². The van der Waals surface area contributed by atoms with Crippen LogP contribution in [0.1, 0.15) is 6.92 Å². The van der Waals surface area contributed by atoms with Crippen molar-refractivity contribution >= 4 is 0 Å². The maximum absolute atomic E-state index is 11.6. The highest BCUT2D eigenvalue weighted by molar-refractivity contribution is 4.59. The molecule has 12 heavy (non-hydrogen) atoms. The van der Waals surface area contributed by atoms with Gasteiger partial charge >= 0.3 is 6.18 Å². The van der Waals surface area contributed by atoms with E-state index in [2.05, 4.69) is 5.32 Å². The van der Waals surface area contributed by atoms with Gasteiger partial charge in [-0.1, -0.05) is 6.92 Å². The van der Waals surface area contributed by atoms with Gasteiger partial charge in [-0.2, -0.15) is 13.2 Å². The Kier molecular flexibility index (Phi) is 5.24. The van der Waals surface area contributed by atoms with E-state index in [-0.39, 0.29) is 5.92 Å². The lowest BCUT2D eigenvalue weighted by Crippen LogP contribution is -2.32. The van der Waals surface area contributed by atoms with Crippen molar-refractivity contribution in [3.05, 3.63) is 0 Å². The molecular weight excluding hydrogens is 171 g/mol. The normalized spacial score (nSPS) is 14.8. The maximum atomic E-state index is 11.6. The van der Waals surface area contributed by atoms with Crippen LogP contribution in [0.15, 0.2) is 0 Å². The van der Waals surface area contributed by atoms with Gasteiger partial charge < -0.3 is 10.1 Å². The molecular formula is C7H14F3NO. The van der Waals surface area contributed by atoms with Crippen molar-refractivity contribution in [2.45, 2.75) is 13.1 Å². The molecule has 0 amide bonds. The number of nitrogens with one attached hydrogen (secondary N) is 1. The molecule has 5 heteroatoms. The van der Waals surface area contributed by atoms with Gasteiger partial charge in [-0.25, -0.2) is 0 Å². The van der Waals surface area contributed by atoms with E-state index in [0.717, 1.165) is 0 Å². The quantitative estimate of drug-likeness (QED) is 0.699. The van der Waals surface area contributed by atoms with Crippen LogP contribution in [0.25, 0.3) is 0 Å². The summed E-state index contributed by atoms with van der Waals surface area (Å²) in [6.07, 6.45) is -4.12. The molecule has 0 saturated heterocycles. The fraction of sp³-hybridized carbons (Fsp3) is 1.00. The van der Waals surface area contributed by atoms with Crippen LogP contribution >= 0.6 is 0 Å². The topological polar surface area (TPSA) is 21.3 Å². The van der Waals surface area contributed by atoms with Gasteiger partial charge in [-0.3, -0.25) is 0 Å². The van der Waals surface area contributed by atoms with E-state index in [4.69, 9.17) is 4.74 Å². The van der Waals surface area contributed by atoms with Crippen molar-refractivity contribution in [3.8, 4) is 0 Å². The van der Waals surface area contributed by atoms with Crippen molar-refractivity contribution < 1.29 is 17.9 Å². The minimum absolute atomic E-state index is 0.109. The first-order valence-electron chi connectivity index (χ1n) is 3.72. The fourth-order valence-electron chi connectivity index (χ4n) is 0.804. The van der Waals surface area contributed by atoms with Crippen LogP contribution in [-0.2, 0) is 4.74 Å². The Bertz CT molecular complexity index is 116. The molecule has 0 bridgehead atoms. The molecule has 0 spiro atoms. The van der Waals surface area contributed by atoms with Gasteiger partial charge in [0.2, 0.25) is 0 Å². The molecule has 0 aromatic carbocycles. The Morgan fingerprint density at radius 2 is 2.00 bits per heavy atom. The zero-order valence-corrected chi connectivity index (χ0v) is 7.24. The van der Waals surface area contributed by atoms with Crippen LogP contribution in [0.5, 0.6) is 0 Å². The average Bonchev–Trinajstić information content (AvgIpc) is 1.84. The first-order chi connectivity index (χ1) is 5.45. The fourth-order valence-corrected chi connectivity index (χ4v) is 0.804. The summed E-state index contributed by atoms with van der Waals surface area (Å²) in [6.45, 7) is 1.70. The van der Waals surface area contributed by atoms with Gasteiger partial charge in [0.05, 0.1) is 6.54 Å². The van der Waals surface area contributed by atoms with Gasteiger partial charge in [-0.05, 0) is 5.92 Å². The van der Waals surface area contributed by atoms with E-state index in [1.165, 1.54) is 7.11 Å². The number of methoxy groups -OCH3 is 1. The van der Waals surface area contributed by atoms with Crippen LogP contribution in [0.3, 0.4) is 0 Å². The predicted molar refractivity (Wildman–Crippen MR) is 40.0 cm³/mol. The molecule has 0 aliphatic rings. The highest BCUT2D eigenvalue weighted by Gasteiger charge is 2.26. The summed E-state index contributed by atoms with van der Waals surface area (Å²) < 4.78 is 39.6. The molecule has 0 aliphatic heterocycles. The SMILES string of the molecule is COCC(C)CNCC(F)(F)F. The molecule has 2 nitrogen and oxygen atoms in total. The van der Waals surface area contributed by atoms with Crippen molar-refractivity contribution in [3.63, 3.8) is 0 Å². The summed E-state index contributed by atoms with van der Waals surface area (Å²) in [4.78, 5) is 0. The largest absolute Gasteiger partial charge is 0.401 e. The van der Waals surface area contributed by atoms with Crippen LogP contribution in [-0.4, -0.2) is 33.0 Å². The minimum atomic E-state index is -4.12. The summed E-state index contributed by atoms with van der Waals surface area (Å²) in [5.41, 5.74) is 0. The monoisotopic (exact) mass is 185 g/mol. The zero-order chi connectivity index (χ0) is 9.61. The van der Waals surface area contributed by atoms with Gasteiger partial charge in [0.25, 0.3) is 0 Å². The van der Waals surface area contributed by atoms with Crippen molar-refractivity contribution in [2.24, 2.45) is 5.92 Å². The molecule has 1 unspecified atom stereocenters. The third-order valence-corrected chi connectivity index (χ3v) is 1.27. The number of ether oxygens (including phenoxy) is 1. The van der Waals surface area contributed by atoms with E-state index in [1.807, 2.05) is 6.92 Å². The molecule has 0 saturated carbocycles.